The van der Waals surface area contributed by atoms with Crippen LogP contribution < -0.4 is 32.0 Å². The molecule has 10 rings (SSSR count). The molecule has 6 heterocycles. The molecule has 2 saturated heterocycles. The fourth-order valence-electron chi connectivity index (χ4n) is 10.8. The molecule has 378 valence electrons. The highest BCUT2D eigenvalue weighted by atomic mass is 19.1. The van der Waals surface area contributed by atoms with E-state index in [0.717, 1.165) is 81.0 Å². The number of nitrogens with one attached hydrogen (secondary N) is 3. The fourth-order valence-corrected chi connectivity index (χ4v) is 10.8. The molecule has 16 nitrogen and oxygen atoms in total. The third-order valence-corrected chi connectivity index (χ3v) is 15.0. The van der Waals surface area contributed by atoms with E-state index in [4.69, 9.17) is 0 Å². The smallest absolute Gasteiger partial charge is 0.274 e. The lowest BCUT2D eigenvalue weighted by molar-refractivity contribution is -0.136. The Kier molecular flexibility index (Phi) is 13.8. The van der Waals surface area contributed by atoms with Gasteiger partial charge in [-0.2, -0.15) is 0 Å². The Bertz CT molecular complexity index is 3270. The molecule has 3 fully saturated rings. The number of hydrogen-bond acceptors (Lipinski definition) is 12. The summed E-state index contributed by atoms with van der Waals surface area (Å²) in [6.07, 6.45) is 10.3. The second kappa shape index (κ2) is 20.5. The minimum Gasteiger partial charge on any atom is -0.392 e. The van der Waals surface area contributed by atoms with Gasteiger partial charge in [-0.05, 0) is 128 Å². The highest BCUT2D eigenvalue weighted by Gasteiger charge is 2.45. The van der Waals surface area contributed by atoms with Gasteiger partial charge in [-0.25, -0.2) is 9.37 Å². The first-order valence-corrected chi connectivity index (χ1v) is 25.3. The van der Waals surface area contributed by atoms with Crippen LogP contribution in [0.1, 0.15) is 96.6 Å². The molecule has 0 radical (unpaired) electrons. The van der Waals surface area contributed by atoms with E-state index >= 15 is 4.39 Å². The molecule has 3 aliphatic heterocycles. The summed E-state index contributed by atoms with van der Waals surface area (Å²) in [5.41, 5.74) is 4.62. The second-order valence-corrected chi connectivity index (χ2v) is 20.2. The van der Waals surface area contributed by atoms with Gasteiger partial charge in [-0.3, -0.25) is 48.5 Å². The number of benzene rings is 3. The van der Waals surface area contributed by atoms with E-state index in [1.165, 1.54) is 15.2 Å². The number of rotatable bonds is 17. The summed E-state index contributed by atoms with van der Waals surface area (Å²) in [5, 5.41) is 20.1. The van der Waals surface area contributed by atoms with Crippen LogP contribution in [0.4, 0.5) is 27.3 Å². The average Bonchev–Trinajstić information content (AvgIpc) is 4.21. The number of anilines is 4. The Hall–Kier alpha value is -7.50. The molecule has 4 N–H and O–H groups in total. The van der Waals surface area contributed by atoms with Crippen molar-refractivity contribution < 1.29 is 28.7 Å². The van der Waals surface area contributed by atoms with Crippen LogP contribution in [0.2, 0.25) is 0 Å². The lowest BCUT2D eigenvalue weighted by Gasteiger charge is -2.36. The Labute approximate surface area is 421 Å². The van der Waals surface area contributed by atoms with Crippen molar-refractivity contribution in [2.75, 3.05) is 54.8 Å². The molecule has 6 aromatic rings. The quantitative estimate of drug-likeness (QED) is 0.0681. The topological polar surface area (TPSA) is 191 Å². The number of aliphatic hydroxyl groups is 1. The van der Waals surface area contributed by atoms with Crippen LogP contribution in [0.15, 0.2) is 101 Å². The normalized spacial score (nSPS) is 18.0. The molecule has 3 aromatic carbocycles. The van der Waals surface area contributed by atoms with Gasteiger partial charge in [0.25, 0.3) is 22.9 Å². The van der Waals surface area contributed by atoms with Gasteiger partial charge >= 0.3 is 0 Å². The molecule has 17 heteroatoms. The number of carbonyl (C=O) groups is 4. The van der Waals surface area contributed by atoms with E-state index in [2.05, 4.69) is 44.6 Å². The Morgan fingerprint density at radius 2 is 1.60 bits per heavy atom. The van der Waals surface area contributed by atoms with Crippen LogP contribution in [-0.2, 0) is 23.2 Å². The molecule has 73 heavy (non-hydrogen) atoms. The van der Waals surface area contributed by atoms with E-state index in [9.17, 15) is 33.9 Å². The number of imide groups is 2. The van der Waals surface area contributed by atoms with E-state index in [1.54, 1.807) is 61.9 Å². The van der Waals surface area contributed by atoms with Crippen LogP contribution in [0.3, 0.4) is 0 Å². The number of piperazine rings is 1. The summed E-state index contributed by atoms with van der Waals surface area (Å²) in [5.74, 6) is -0.854. The van der Waals surface area contributed by atoms with Crippen molar-refractivity contribution in [3.63, 3.8) is 0 Å². The second-order valence-electron chi connectivity index (χ2n) is 20.2. The number of piperidine rings is 1. The maximum Gasteiger partial charge on any atom is 0.274 e. The van der Waals surface area contributed by atoms with E-state index < -0.39 is 47.7 Å². The zero-order valence-corrected chi connectivity index (χ0v) is 41.3. The van der Waals surface area contributed by atoms with Gasteiger partial charge in [0.2, 0.25) is 11.8 Å². The predicted octanol–water partition coefficient (Wildman–Crippen LogP) is 7.08. The largest absolute Gasteiger partial charge is 0.392 e. The van der Waals surface area contributed by atoms with Gasteiger partial charge in [0.1, 0.15) is 23.4 Å². The fraction of sp³-hybridized carbons (Fsp3) is 0.375. The van der Waals surface area contributed by atoms with Gasteiger partial charge in [0.05, 0.1) is 40.7 Å². The summed E-state index contributed by atoms with van der Waals surface area (Å²) in [7, 11) is 1.65. The summed E-state index contributed by atoms with van der Waals surface area (Å²) in [4.78, 5) is 88.7. The van der Waals surface area contributed by atoms with Crippen LogP contribution in [-0.4, -0.2) is 98.0 Å². The van der Waals surface area contributed by atoms with Gasteiger partial charge in [-0.15, -0.1) is 0 Å². The lowest BCUT2D eigenvalue weighted by atomic mass is 9.92. The molecule has 4 aliphatic rings. The number of aryl methyl sites for hydroxylation is 1. The summed E-state index contributed by atoms with van der Waals surface area (Å²) >= 11 is 0. The van der Waals surface area contributed by atoms with Gasteiger partial charge < -0.3 is 25.2 Å². The number of nitrogens with zero attached hydrogens (tertiary/aromatic N) is 6. The number of pyridine rings is 3. The summed E-state index contributed by atoms with van der Waals surface area (Å²) in [6, 6.07) is 20.1. The molecule has 1 aliphatic carbocycles. The first-order valence-electron chi connectivity index (χ1n) is 25.3. The first-order chi connectivity index (χ1) is 35.3. The molecule has 0 bridgehead atoms. The number of halogens is 1. The number of carbonyl (C=O) groups excluding carboxylic acids is 4. The third kappa shape index (κ3) is 10.0. The molecule has 1 saturated carbocycles. The van der Waals surface area contributed by atoms with Gasteiger partial charge in [-0.1, -0.05) is 38.1 Å². The number of aliphatic hydroxyl groups excluding tert-OH is 1. The Morgan fingerprint density at radius 3 is 2.34 bits per heavy atom. The minimum absolute atomic E-state index is 0.00320. The molecule has 0 spiro atoms. The van der Waals surface area contributed by atoms with Crippen molar-refractivity contribution in [3.8, 4) is 16.8 Å². The maximum atomic E-state index is 15.4. The number of aromatic nitrogens is 3. The lowest BCUT2D eigenvalue weighted by Crippen LogP contribution is -2.54. The van der Waals surface area contributed by atoms with Gasteiger partial charge in [0.15, 0.2) is 0 Å². The van der Waals surface area contributed by atoms with E-state index in [1.807, 2.05) is 30.5 Å². The first kappa shape index (κ1) is 49.1. The standard InChI is InChI=1S/C56H60FN9O7/c1-33(16-19-58-44-8-4-7-41-51(44)56(73)66(53(41)70)47-13-15-49(68)61-52(47)69)26-34(2)17-20-63-22-24-64(25-23-63)39-12-14-48(59-30-39)60-45-29-38(31-62(3)54(45)71)40-6-5-9-46(42(40)32-67)65-21-18-36-27-37(35-10-11-35)28-43(57)50(36)55(65)72/h4-9,12,14,18,21,27-31,33-35,47,58,67H,10-11,13,15-17,19-20,22-26,32H2,1-3H3,(H,59,60)(H,61,68,69). The zero-order valence-electron chi connectivity index (χ0n) is 41.3. The molecule has 3 aromatic heterocycles. The van der Waals surface area contributed by atoms with Crippen molar-refractivity contribution in [1.29, 1.82) is 0 Å². The van der Waals surface area contributed by atoms with Crippen molar-refractivity contribution >= 4 is 57.3 Å². The van der Waals surface area contributed by atoms with Gasteiger partial charge in [0, 0.05) is 75.4 Å². The van der Waals surface area contributed by atoms with Crippen LogP contribution >= 0.6 is 0 Å². The molecular formula is C56H60FN9O7. The minimum atomic E-state index is -1.00. The summed E-state index contributed by atoms with van der Waals surface area (Å²) < 4.78 is 18.3. The average molecular weight is 990 g/mol. The highest BCUT2D eigenvalue weighted by molar-refractivity contribution is 6.25. The Morgan fingerprint density at radius 1 is 0.836 bits per heavy atom. The molecular weight excluding hydrogens is 930 g/mol. The van der Waals surface area contributed by atoms with E-state index in [0.29, 0.717) is 63.6 Å². The number of amides is 4. The third-order valence-electron chi connectivity index (χ3n) is 15.0. The van der Waals surface area contributed by atoms with Crippen LogP contribution in [0.25, 0.3) is 27.6 Å². The van der Waals surface area contributed by atoms with Crippen molar-refractivity contribution in [2.24, 2.45) is 18.9 Å². The van der Waals surface area contributed by atoms with Crippen molar-refractivity contribution in [3.05, 3.63) is 140 Å². The predicted molar refractivity (Wildman–Crippen MR) is 278 cm³/mol. The Balaban J connectivity index is 0.704. The molecule has 4 amide bonds. The maximum absolute atomic E-state index is 15.4. The van der Waals surface area contributed by atoms with Crippen LogP contribution in [0.5, 0.6) is 0 Å². The SMILES string of the molecule is CC(CCNc1cccc2c1C(=O)N(C1CCC(=O)NC1=O)C2=O)CC(C)CCN1CCN(c2ccc(Nc3cc(-c4cccc(-n5ccc6cc(C7CC7)cc(F)c6c5=O)c4CO)cn(C)c3=O)nc2)CC1. The monoisotopic (exact) mass is 989 g/mol. The van der Waals surface area contributed by atoms with Crippen molar-refractivity contribution in [1.82, 2.24) is 29.2 Å². The number of hydrogen-bond donors (Lipinski definition) is 4. The summed E-state index contributed by atoms with van der Waals surface area (Å²) in [6.45, 7) is 9.28. The zero-order chi connectivity index (χ0) is 51.1. The highest BCUT2D eigenvalue weighted by Crippen LogP contribution is 2.41. The number of fused-ring (bicyclic) bond motifs is 2. The van der Waals surface area contributed by atoms with Crippen molar-refractivity contribution in [2.45, 2.75) is 77.4 Å². The molecule has 3 atom stereocenters. The molecule has 3 unspecified atom stereocenters. The van der Waals surface area contributed by atoms with E-state index in [-0.39, 0.29) is 40.6 Å². The van der Waals surface area contributed by atoms with Crippen LogP contribution in [0, 0.1) is 17.7 Å².